The van der Waals surface area contributed by atoms with Crippen molar-refractivity contribution in [3.05, 3.63) is 94.5 Å². The quantitative estimate of drug-likeness (QED) is 0.478. The molecule has 0 aliphatic carbocycles. The van der Waals surface area contributed by atoms with Crippen LogP contribution in [0.3, 0.4) is 0 Å². The van der Waals surface area contributed by atoms with Crippen molar-refractivity contribution in [1.82, 2.24) is 19.6 Å². The molecule has 26 heavy (non-hydrogen) atoms. The topological polar surface area (TPSA) is 35.6 Å². The fraction of sp³-hybridized carbons (Fsp3) is 0.100. The molecule has 0 aliphatic heterocycles. The summed E-state index contributed by atoms with van der Waals surface area (Å²) in [5.41, 5.74) is 4.40. The molecular formula is C20H16Cl2N4. The predicted octanol–water partition coefficient (Wildman–Crippen LogP) is 5.15. The first-order valence-electron chi connectivity index (χ1n) is 8.20. The van der Waals surface area contributed by atoms with E-state index in [2.05, 4.69) is 10.2 Å². The van der Waals surface area contributed by atoms with Crippen LogP contribution in [0.4, 0.5) is 0 Å². The van der Waals surface area contributed by atoms with Gasteiger partial charge in [-0.25, -0.2) is 0 Å². The lowest BCUT2D eigenvalue weighted by atomic mass is 10.2. The molecule has 0 amide bonds. The average Bonchev–Trinajstić information content (AvgIpc) is 3.28. The standard InChI is InChI=1S/C20H16Cl2N4/c21-19-5-1-15(2-6-19)11-25-13-17(9-23-25)18-10-24-26(14-18)12-16-3-7-20(22)8-4-16/h1-10,13-14H,11-12H2. The van der Waals surface area contributed by atoms with Gasteiger partial charge in [0.15, 0.2) is 0 Å². The molecule has 2 heterocycles. The van der Waals surface area contributed by atoms with Crippen molar-refractivity contribution in [3.63, 3.8) is 0 Å². The van der Waals surface area contributed by atoms with Gasteiger partial charge < -0.3 is 0 Å². The van der Waals surface area contributed by atoms with E-state index in [1.165, 1.54) is 0 Å². The number of benzene rings is 2. The molecule has 0 aliphatic rings. The van der Waals surface area contributed by atoms with Crippen molar-refractivity contribution in [2.45, 2.75) is 13.1 Å². The maximum Gasteiger partial charge on any atom is 0.0659 e. The molecule has 0 radical (unpaired) electrons. The van der Waals surface area contributed by atoms with E-state index in [1.54, 1.807) is 0 Å². The van der Waals surface area contributed by atoms with Crippen molar-refractivity contribution in [3.8, 4) is 11.1 Å². The van der Waals surface area contributed by atoms with Crippen LogP contribution in [-0.4, -0.2) is 19.6 Å². The molecule has 0 fully saturated rings. The molecule has 2 aromatic heterocycles. The SMILES string of the molecule is Clc1ccc(Cn2cc(-c3cnn(Cc4ccc(Cl)cc4)c3)cn2)cc1. The molecule has 2 aromatic carbocycles. The Balaban J connectivity index is 1.46. The van der Waals surface area contributed by atoms with E-state index in [1.807, 2.05) is 82.7 Å². The van der Waals surface area contributed by atoms with Gasteiger partial charge in [0.05, 0.1) is 25.5 Å². The lowest BCUT2D eigenvalue weighted by Crippen LogP contribution is -1.99. The highest BCUT2D eigenvalue weighted by Gasteiger charge is 2.06. The van der Waals surface area contributed by atoms with Crippen LogP contribution in [0.2, 0.25) is 10.0 Å². The average molecular weight is 383 g/mol. The summed E-state index contributed by atoms with van der Waals surface area (Å²) in [6, 6.07) is 15.6. The number of halogens is 2. The van der Waals surface area contributed by atoms with Crippen LogP contribution >= 0.6 is 23.2 Å². The molecule has 0 spiro atoms. The zero-order valence-electron chi connectivity index (χ0n) is 13.9. The first kappa shape index (κ1) is 16.9. The highest BCUT2D eigenvalue weighted by atomic mass is 35.5. The van der Waals surface area contributed by atoms with E-state index < -0.39 is 0 Å². The second kappa shape index (κ2) is 7.36. The van der Waals surface area contributed by atoms with Gasteiger partial charge in [0.25, 0.3) is 0 Å². The highest BCUT2D eigenvalue weighted by molar-refractivity contribution is 6.30. The highest BCUT2D eigenvalue weighted by Crippen LogP contribution is 2.19. The summed E-state index contributed by atoms with van der Waals surface area (Å²) in [5, 5.41) is 10.4. The zero-order chi connectivity index (χ0) is 17.9. The van der Waals surface area contributed by atoms with Crippen LogP contribution in [0, 0.1) is 0 Å². The van der Waals surface area contributed by atoms with Crippen LogP contribution in [0.1, 0.15) is 11.1 Å². The molecular weight excluding hydrogens is 367 g/mol. The van der Waals surface area contributed by atoms with Crippen LogP contribution in [0.5, 0.6) is 0 Å². The van der Waals surface area contributed by atoms with Gasteiger partial charge in [-0.3, -0.25) is 9.36 Å². The van der Waals surface area contributed by atoms with Crippen LogP contribution in [0.25, 0.3) is 11.1 Å². The van der Waals surface area contributed by atoms with Gasteiger partial charge in [-0.05, 0) is 35.4 Å². The Morgan fingerprint density at radius 3 is 1.38 bits per heavy atom. The van der Waals surface area contributed by atoms with Gasteiger partial charge in [0, 0.05) is 33.6 Å². The molecule has 4 rings (SSSR count). The van der Waals surface area contributed by atoms with Gasteiger partial charge >= 0.3 is 0 Å². The minimum atomic E-state index is 0.704. The molecule has 0 saturated heterocycles. The van der Waals surface area contributed by atoms with E-state index >= 15 is 0 Å². The van der Waals surface area contributed by atoms with Crippen LogP contribution < -0.4 is 0 Å². The minimum absolute atomic E-state index is 0.704. The maximum absolute atomic E-state index is 5.93. The molecule has 0 bridgehead atoms. The first-order valence-corrected chi connectivity index (χ1v) is 8.95. The molecule has 4 aromatic rings. The lowest BCUT2D eigenvalue weighted by molar-refractivity contribution is 0.686. The third-order valence-electron chi connectivity index (χ3n) is 4.12. The summed E-state index contributed by atoms with van der Waals surface area (Å²) in [6.07, 6.45) is 7.77. The van der Waals surface area contributed by atoms with Gasteiger partial charge in [0.1, 0.15) is 0 Å². The molecule has 0 unspecified atom stereocenters. The summed E-state index contributed by atoms with van der Waals surface area (Å²) in [6.45, 7) is 1.41. The van der Waals surface area contributed by atoms with Gasteiger partial charge in [-0.15, -0.1) is 0 Å². The fourth-order valence-electron chi connectivity index (χ4n) is 2.75. The van der Waals surface area contributed by atoms with Crippen molar-refractivity contribution in [2.24, 2.45) is 0 Å². The summed E-state index contributed by atoms with van der Waals surface area (Å²) in [4.78, 5) is 0. The first-order chi connectivity index (χ1) is 12.7. The molecule has 0 N–H and O–H groups in total. The minimum Gasteiger partial charge on any atom is -0.268 e. The zero-order valence-corrected chi connectivity index (χ0v) is 15.4. The number of rotatable bonds is 5. The monoisotopic (exact) mass is 382 g/mol. The number of nitrogens with zero attached hydrogens (tertiary/aromatic N) is 4. The Hall–Kier alpha value is -2.56. The normalized spacial score (nSPS) is 11.0. The van der Waals surface area contributed by atoms with E-state index in [4.69, 9.17) is 23.2 Å². The number of hydrogen-bond donors (Lipinski definition) is 0. The Bertz CT molecular complexity index is 917. The molecule has 6 heteroatoms. The van der Waals surface area contributed by atoms with Crippen molar-refractivity contribution >= 4 is 23.2 Å². The van der Waals surface area contributed by atoms with Gasteiger partial charge in [-0.1, -0.05) is 47.5 Å². The van der Waals surface area contributed by atoms with Crippen molar-refractivity contribution in [2.75, 3.05) is 0 Å². The van der Waals surface area contributed by atoms with E-state index in [9.17, 15) is 0 Å². The molecule has 0 saturated carbocycles. The summed E-state index contributed by atoms with van der Waals surface area (Å²) < 4.78 is 3.82. The Labute approximate surface area is 161 Å². The summed E-state index contributed by atoms with van der Waals surface area (Å²) in [7, 11) is 0. The Morgan fingerprint density at radius 2 is 1.00 bits per heavy atom. The van der Waals surface area contributed by atoms with Gasteiger partial charge in [0.2, 0.25) is 0 Å². The molecule has 0 atom stereocenters. The van der Waals surface area contributed by atoms with E-state index in [-0.39, 0.29) is 0 Å². The smallest absolute Gasteiger partial charge is 0.0659 e. The number of hydrogen-bond acceptors (Lipinski definition) is 2. The summed E-state index contributed by atoms with van der Waals surface area (Å²) in [5.74, 6) is 0. The summed E-state index contributed by atoms with van der Waals surface area (Å²) >= 11 is 11.9. The fourth-order valence-corrected chi connectivity index (χ4v) is 3.00. The maximum atomic E-state index is 5.93. The van der Waals surface area contributed by atoms with Crippen LogP contribution in [-0.2, 0) is 13.1 Å². The number of aromatic nitrogens is 4. The van der Waals surface area contributed by atoms with E-state index in [0.29, 0.717) is 13.1 Å². The largest absolute Gasteiger partial charge is 0.268 e. The van der Waals surface area contributed by atoms with Crippen molar-refractivity contribution < 1.29 is 0 Å². The molecule has 130 valence electrons. The van der Waals surface area contributed by atoms with Crippen molar-refractivity contribution in [1.29, 1.82) is 0 Å². The predicted molar refractivity (Wildman–Crippen MR) is 105 cm³/mol. The second-order valence-corrected chi connectivity index (χ2v) is 6.98. The third-order valence-corrected chi connectivity index (χ3v) is 4.62. The molecule has 4 nitrogen and oxygen atoms in total. The second-order valence-electron chi connectivity index (χ2n) is 6.11. The van der Waals surface area contributed by atoms with Gasteiger partial charge in [-0.2, -0.15) is 10.2 Å². The Morgan fingerprint density at radius 1 is 0.615 bits per heavy atom. The lowest BCUT2D eigenvalue weighted by Gasteiger charge is -2.02. The van der Waals surface area contributed by atoms with Crippen LogP contribution in [0.15, 0.2) is 73.3 Å². The van der Waals surface area contributed by atoms with E-state index in [0.717, 1.165) is 32.3 Å². The Kier molecular flexibility index (Phi) is 4.78. The third kappa shape index (κ3) is 3.98.